The number of hydrogen-bond donors (Lipinski definition) is 2. The van der Waals surface area contributed by atoms with E-state index in [1.54, 1.807) is 23.5 Å². The van der Waals surface area contributed by atoms with Gasteiger partial charge in [-0.3, -0.25) is 4.79 Å². The highest BCUT2D eigenvalue weighted by Crippen LogP contribution is 2.33. The molecule has 1 amide bonds. The molecule has 1 unspecified atom stereocenters. The van der Waals surface area contributed by atoms with Crippen LogP contribution in [0.2, 0.25) is 0 Å². The number of thioether (sulfide) groups is 1. The van der Waals surface area contributed by atoms with Gasteiger partial charge in [0.15, 0.2) is 4.34 Å². The van der Waals surface area contributed by atoms with Gasteiger partial charge in [-0.2, -0.15) is 0 Å². The highest BCUT2D eigenvalue weighted by atomic mass is 32.2. The van der Waals surface area contributed by atoms with Gasteiger partial charge in [-0.05, 0) is 36.8 Å². The maximum atomic E-state index is 12.5. The second kappa shape index (κ2) is 7.67. The van der Waals surface area contributed by atoms with Crippen LogP contribution in [0.25, 0.3) is 10.2 Å². The number of hydrogen-bond acceptors (Lipinski definition) is 5. The molecule has 0 fully saturated rings. The molecular formula is C18H16N2O3S2. The molecule has 0 bridgehead atoms. The lowest BCUT2D eigenvalue weighted by atomic mass is 10.2. The molecule has 128 valence electrons. The van der Waals surface area contributed by atoms with Gasteiger partial charge < -0.3 is 10.4 Å². The van der Waals surface area contributed by atoms with Crippen molar-refractivity contribution in [2.75, 3.05) is 5.32 Å². The van der Waals surface area contributed by atoms with Crippen LogP contribution in [0, 0.1) is 0 Å². The van der Waals surface area contributed by atoms with Crippen molar-refractivity contribution in [2.24, 2.45) is 0 Å². The summed E-state index contributed by atoms with van der Waals surface area (Å²) in [6.45, 7) is 1.94. The number of nitrogens with zero attached hydrogens (tertiary/aromatic N) is 1. The quantitative estimate of drug-likeness (QED) is 0.623. The molecule has 5 nitrogen and oxygen atoms in total. The minimum atomic E-state index is -1.02. The molecule has 0 aliphatic heterocycles. The van der Waals surface area contributed by atoms with Crippen molar-refractivity contribution < 1.29 is 14.7 Å². The van der Waals surface area contributed by atoms with Gasteiger partial charge >= 0.3 is 5.97 Å². The largest absolute Gasteiger partial charge is 0.478 e. The molecule has 1 heterocycles. The monoisotopic (exact) mass is 372 g/mol. The van der Waals surface area contributed by atoms with E-state index >= 15 is 0 Å². The zero-order chi connectivity index (χ0) is 17.8. The Labute approximate surface area is 153 Å². The maximum absolute atomic E-state index is 12.5. The van der Waals surface area contributed by atoms with Crippen LogP contribution < -0.4 is 5.32 Å². The summed E-state index contributed by atoms with van der Waals surface area (Å²) >= 11 is 3.00. The molecule has 0 saturated carbocycles. The van der Waals surface area contributed by atoms with Crippen LogP contribution in [0.3, 0.4) is 0 Å². The van der Waals surface area contributed by atoms with Crippen LogP contribution in [0.5, 0.6) is 0 Å². The van der Waals surface area contributed by atoms with E-state index in [2.05, 4.69) is 10.3 Å². The van der Waals surface area contributed by atoms with E-state index in [0.717, 1.165) is 14.6 Å². The first kappa shape index (κ1) is 17.4. The number of amides is 1. The zero-order valence-electron chi connectivity index (χ0n) is 13.4. The first-order valence-corrected chi connectivity index (χ1v) is 9.43. The summed E-state index contributed by atoms with van der Waals surface area (Å²) in [5.74, 6) is -1.18. The number of nitrogens with one attached hydrogen (secondary N) is 1. The van der Waals surface area contributed by atoms with Crippen molar-refractivity contribution in [3.8, 4) is 0 Å². The number of thiazole rings is 1. The van der Waals surface area contributed by atoms with Crippen LogP contribution in [0.1, 0.15) is 23.7 Å². The molecule has 2 N–H and O–H groups in total. The molecule has 25 heavy (non-hydrogen) atoms. The van der Waals surface area contributed by atoms with E-state index < -0.39 is 5.97 Å². The molecule has 0 spiro atoms. The number of carbonyl (C=O) groups is 2. The summed E-state index contributed by atoms with van der Waals surface area (Å²) in [7, 11) is 0. The number of carbonyl (C=O) groups excluding carboxylic acids is 1. The van der Waals surface area contributed by atoms with Crippen molar-refractivity contribution in [2.45, 2.75) is 22.9 Å². The Bertz CT molecular complexity index is 890. The average Bonchev–Trinajstić information content (AvgIpc) is 3.02. The number of para-hydroxylation sites is 1. The molecule has 2 aromatic carbocycles. The number of carboxylic acids is 1. The van der Waals surface area contributed by atoms with Crippen molar-refractivity contribution in [3.05, 3.63) is 54.1 Å². The van der Waals surface area contributed by atoms with E-state index in [0.29, 0.717) is 12.1 Å². The fourth-order valence-electron chi connectivity index (χ4n) is 2.30. The summed E-state index contributed by atoms with van der Waals surface area (Å²) in [6, 6.07) is 14.1. The van der Waals surface area contributed by atoms with Gasteiger partial charge in [0.1, 0.15) is 0 Å². The molecule has 1 aromatic heterocycles. The first-order chi connectivity index (χ1) is 12.1. The number of aromatic nitrogens is 1. The second-order valence-electron chi connectivity index (χ2n) is 5.34. The maximum Gasteiger partial charge on any atom is 0.335 e. The van der Waals surface area contributed by atoms with Gasteiger partial charge in [-0.25, -0.2) is 9.78 Å². The number of fused-ring (bicyclic) bond motifs is 1. The van der Waals surface area contributed by atoms with Crippen LogP contribution in [0.4, 0.5) is 5.69 Å². The third-order valence-electron chi connectivity index (χ3n) is 3.56. The Morgan fingerprint density at radius 3 is 2.76 bits per heavy atom. The van der Waals surface area contributed by atoms with E-state index in [4.69, 9.17) is 5.11 Å². The third kappa shape index (κ3) is 4.18. The Morgan fingerprint density at radius 1 is 1.24 bits per heavy atom. The number of carboxylic acid groups (broad SMARTS) is 1. The SMILES string of the molecule is CCC(Sc1nc2ccccc2s1)C(=O)Nc1cccc(C(=O)O)c1. The summed E-state index contributed by atoms with van der Waals surface area (Å²) in [5, 5.41) is 11.5. The predicted molar refractivity (Wildman–Crippen MR) is 102 cm³/mol. The second-order valence-corrected chi connectivity index (χ2v) is 7.82. The van der Waals surface area contributed by atoms with Gasteiger partial charge in [-0.1, -0.05) is 36.9 Å². The summed E-state index contributed by atoms with van der Waals surface area (Å²) < 4.78 is 1.94. The topological polar surface area (TPSA) is 79.3 Å². The average molecular weight is 372 g/mol. The summed E-state index contributed by atoms with van der Waals surface area (Å²) in [4.78, 5) is 28.1. The molecule has 3 aromatic rings. The lowest BCUT2D eigenvalue weighted by Gasteiger charge is -2.13. The van der Waals surface area contributed by atoms with Gasteiger partial charge in [0, 0.05) is 5.69 Å². The molecule has 3 rings (SSSR count). The number of rotatable bonds is 6. The normalized spacial score (nSPS) is 12.0. The Morgan fingerprint density at radius 2 is 2.04 bits per heavy atom. The fraction of sp³-hybridized carbons (Fsp3) is 0.167. The lowest BCUT2D eigenvalue weighted by Crippen LogP contribution is -2.24. The lowest BCUT2D eigenvalue weighted by molar-refractivity contribution is -0.115. The van der Waals surface area contributed by atoms with Crippen molar-refractivity contribution in [1.82, 2.24) is 4.98 Å². The highest BCUT2D eigenvalue weighted by Gasteiger charge is 2.20. The van der Waals surface area contributed by atoms with E-state index in [1.165, 1.54) is 23.9 Å². The van der Waals surface area contributed by atoms with Crippen molar-refractivity contribution in [3.63, 3.8) is 0 Å². The Hall–Kier alpha value is -2.38. The van der Waals surface area contributed by atoms with Gasteiger partial charge in [0.25, 0.3) is 0 Å². The molecule has 0 saturated heterocycles. The van der Waals surface area contributed by atoms with Gasteiger partial charge in [0.05, 0.1) is 21.0 Å². The standard InChI is InChI=1S/C18H16N2O3S2/c1-2-14(24-18-20-13-8-3-4-9-15(13)25-18)16(21)19-12-7-5-6-11(10-12)17(22)23/h3-10,14H,2H2,1H3,(H,19,21)(H,22,23). The molecule has 0 aliphatic rings. The molecule has 7 heteroatoms. The zero-order valence-corrected chi connectivity index (χ0v) is 15.1. The Kier molecular flexibility index (Phi) is 5.35. The van der Waals surface area contributed by atoms with Crippen LogP contribution in [-0.4, -0.2) is 27.2 Å². The van der Waals surface area contributed by atoms with Crippen LogP contribution >= 0.6 is 23.1 Å². The first-order valence-electron chi connectivity index (χ1n) is 7.73. The van der Waals surface area contributed by atoms with Crippen LogP contribution in [0.15, 0.2) is 52.9 Å². The van der Waals surface area contributed by atoms with Crippen LogP contribution in [-0.2, 0) is 4.79 Å². The van der Waals surface area contributed by atoms with Gasteiger partial charge in [0.2, 0.25) is 5.91 Å². The van der Waals surface area contributed by atoms with E-state index in [1.807, 2.05) is 31.2 Å². The summed E-state index contributed by atoms with van der Waals surface area (Å²) in [5.41, 5.74) is 1.55. The Balaban J connectivity index is 1.72. The highest BCUT2D eigenvalue weighted by molar-refractivity contribution is 8.02. The van der Waals surface area contributed by atoms with Gasteiger partial charge in [-0.15, -0.1) is 11.3 Å². The molecule has 1 atom stereocenters. The van der Waals surface area contributed by atoms with Crippen molar-refractivity contribution >= 4 is 50.9 Å². The number of benzene rings is 2. The third-order valence-corrected chi connectivity index (χ3v) is 6.05. The minimum Gasteiger partial charge on any atom is -0.478 e. The minimum absolute atomic E-state index is 0.143. The van der Waals surface area contributed by atoms with E-state index in [9.17, 15) is 9.59 Å². The smallest absolute Gasteiger partial charge is 0.335 e. The molecule has 0 radical (unpaired) electrons. The summed E-state index contributed by atoms with van der Waals surface area (Å²) in [6.07, 6.45) is 0.644. The number of anilines is 1. The van der Waals surface area contributed by atoms with Crippen molar-refractivity contribution in [1.29, 1.82) is 0 Å². The predicted octanol–water partition coefficient (Wildman–Crippen LogP) is 4.50. The molecule has 0 aliphatic carbocycles. The molecular weight excluding hydrogens is 356 g/mol. The van der Waals surface area contributed by atoms with E-state index in [-0.39, 0.29) is 16.7 Å². The fourth-order valence-corrected chi connectivity index (χ4v) is 4.53. The number of aromatic carboxylic acids is 1.